The lowest BCUT2D eigenvalue weighted by Gasteiger charge is -2.24. The largest absolute Gasteiger partial charge is 0.447 e. The number of fused-ring (bicyclic) bond motifs is 1. The van der Waals surface area contributed by atoms with Crippen LogP contribution in [0, 0.1) is 25.7 Å². The fourth-order valence-electron chi connectivity index (χ4n) is 5.10. The molecule has 188 valence electrons. The predicted octanol–water partition coefficient (Wildman–Crippen LogP) is 1.83. The van der Waals surface area contributed by atoms with Gasteiger partial charge in [-0.1, -0.05) is 30.3 Å². The second kappa shape index (κ2) is 9.91. The number of amides is 2. The number of aromatic nitrogens is 2. The highest BCUT2D eigenvalue weighted by Crippen LogP contribution is 2.33. The van der Waals surface area contributed by atoms with E-state index in [9.17, 15) is 9.59 Å². The minimum Gasteiger partial charge on any atom is -0.447 e. The molecule has 1 aromatic heterocycles. The van der Waals surface area contributed by atoms with Gasteiger partial charge in [0.05, 0.1) is 17.0 Å². The molecule has 3 atom stereocenters. The van der Waals surface area contributed by atoms with Gasteiger partial charge >= 0.3 is 6.01 Å². The van der Waals surface area contributed by atoms with Crippen molar-refractivity contribution in [2.45, 2.75) is 45.8 Å². The van der Waals surface area contributed by atoms with Crippen LogP contribution >= 0.6 is 0 Å². The highest BCUT2D eigenvalue weighted by molar-refractivity contribution is 5.96. The Morgan fingerprint density at radius 3 is 2.17 bits per heavy atom. The van der Waals surface area contributed by atoms with Crippen LogP contribution in [0.15, 0.2) is 30.3 Å². The molecule has 2 aliphatic rings. The van der Waals surface area contributed by atoms with Gasteiger partial charge in [-0.15, -0.1) is 0 Å². The van der Waals surface area contributed by atoms with Crippen LogP contribution in [0.1, 0.15) is 53.6 Å². The van der Waals surface area contributed by atoms with Gasteiger partial charge in [0.25, 0.3) is 11.8 Å². The Labute approximate surface area is 206 Å². The zero-order valence-corrected chi connectivity index (χ0v) is 21.0. The third kappa shape index (κ3) is 5.46. The Hall–Kier alpha value is -3.04. The smallest absolute Gasteiger partial charge is 0.317 e. The second-order valence-corrected chi connectivity index (χ2v) is 10.3. The first-order valence-electron chi connectivity index (χ1n) is 12.2. The van der Waals surface area contributed by atoms with Crippen LogP contribution in [0.3, 0.4) is 0 Å². The first-order valence-corrected chi connectivity index (χ1v) is 12.2. The molecule has 4 rings (SSSR count). The third-order valence-electron chi connectivity index (χ3n) is 7.24. The van der Waals surface area contributed by atoms with Crippen molar-refractivity contribution in [3.8, 4) is 6.01 Å². The summed E-state index contributed by atoms with van der Waals surface area (Å²) in [5.41, 5.74) is 13.3. The molecule has 0 bridgehead atoms. The lowest BCUT2D eigenvalue weighted by Crippen LogP contribution is -2.43. The topological polar surface area (TPSA) is 128 Å². The van der Waals surface area contributed by atoms with E-state index in [0.717, 1.165) is 39.1 Å². The van der Waals surface area contributed by atoms with Crippen molar-refractivity contribution < 1.29 is 14.3 Å². The van der Waals surface area contributed by atoms with Gasteiger partial charge in [0, 0.05) is 32.2 Å². The molecule has 3 unspecified atom stereocenters. The average Bonchev–Trinajstić information content (AvgIpc) is 3.36. The van der Waals surface area contributed by atoms with Crippen LogP contribution in [-0.2, 0) is 4.79 Å². The standard InChI is InChI=1S/C26H36N6O3/c1-16-22(17(2)30-25(29-16)35-26(3,4)24(28)34)23(33)32-14-19-12-31(13-20(19)15-32)11-10-21(27)18-8-6-5-7-9-18/h5-9,19-21H,10-15,27H2,1-4H3,(H2,28,34). The molecule has 2 aliphatic heterocycles. The van der Waals surface area contributed by atoms with Crippen LogP contribution in [0.25, 0.3) is 0 Å². The first kappa shape index (κ1) is 25.1. The number of primary amides is 1. The summed E-state index contributed by atoms with van der Waals surface area (Å²) in [5, 5.41) is 0. The third-order valence-corrected chi connectivity index (χ3v) is 7.24. The molecule has 2 aromatic rings. The van der Waals surface area contributed by atoms with Crippen molar-refractivity contribution in [3.63, 3.8) is 0 Å². The lowest BCUT2D eigenvalue weighted by molar-refractivity contribution is -0.131. The van der Waals surface area contributed by atoms with E-state index >= 15 is 0 Å². The minimum absolute atomic E-state index is 0.0427. The number of rotatable bonds is 8. The normalized spacial score (nSPS) is 21.1. The Kier molecular flexibility index (Phi) is 7.10. The van der Waals surface area contributed by atoms with E-state index in [-0.39, 0.29) is 18.0 Å². The number of carbonyl (C=O) groups excluding carboxylic acids is 2. The van der Waals surface area contributed by atoms with Gasteiger partial charge in [-0.3, -0.25) is 9.59 Å². The summed E-state index contributed by atoms with van der Waals surface area (Å²) < 4.78 is 5.59. The number of hydrogen-bond donors (Lipinski definition) is 2. The number of nitrogens with zero attached hydrogens (tertiary/aromatic N) is 4. The van der Waals surface area contributed by atoms with Gasteiger partial charge in [-0.05, 0) is 58.1 Å². The lowest BCUT2D eigenvalue weighted by atomic mass is 10.0. The maximum Gasteiger partial charge on any atom is 0.317 e. The number of aryl methyl sites for hydroxylation is 2. The van der Waals surface area contributed by atoms with Crippen LogP contribution in [0.2, 0.25) is 0 Å². The van der Waals surface area contributed by atoms with Gasteiger partial charge in [-0.25, -0.2) is 0 Å². The molecule has 3 heterocycles. The Morgan fingerprint density at radius 1 is 1.06 bits per heavy atom. The van der Waals surface area contributed by atoms with Crippen LogP contribution in [-0.4, -0.2) is 69.9 Å². The van der Waals surface area contributed by atoms with E-state index in [0.29, 0.717) is 28.8 Å². The summed E-state index contributed by atoms with van der Waals surface area (Å²) in [6.07, 6.45) is 0.919. The number of benzene rings is 1. The average molecular weight is 481 g/mol. The maximum absolute atomic E-state index is 13.4. The Bertz CT molecular complexity index is 1050. The van der Waals surface area contributed by atoms with E-state index in [4.69, 9.17) is 16.2 Å². The molecule has 0 saturated carbocycles. The van der Waals surface area contributed by atoms with Gasteiger partial charge < -0.3 is 26.0 Å². The summed E-state index contributed by atoms with van der Waals surface area (Å²) in [4.78, 5) is 38.0. The highest BCUT2D eigenvalue weighted by atomic mass is 16.5. The molecule has 2 amide bonds. The Morgan fingerprint density at radius 2 is 1.63 bits per heavy atom. The molecule has 0 spiro atoms. The molecule has 35 heavy (non-hydrogen) atoms. The monoisotopic (exact) mass is 480 g/mol. The van der Waals surface area contributed by atoms with Gasteiger partial charge in [0.1, 0.15) is 0 Å². The molecule has 9 heteroatoms. The number of hydrogen-bond acceptors (Lipinski definition) is 7. The van der Waals surface area contributed by atoms with E-state index in [2.05, 4.69) is 27.0 Å². The van der Waals surface area contributed by atoms with E-state index in [1.54, 1.807) is 27.7 Å². The molecule has 4 N–H and O–H groups in total. The summed E-state index contributed by atoms with van der Waals surface area (Å²) in [7, 11) is 0. The fourth-order valence-corrected chi connectivity index (χ4v) is 5.10. The van der Waals surface area contributed by atoms with Gasteiger partial charge in [0.15, 0.2) is 5.60 Å². The number of carbonyl (C=O) groups is 2. The van der Waals surface area contributed by atoms with Crippen LogP contribution < -0.4 is 16.2 Å². The fraction of sp³-hybridized carbons (Fsp3) is 0.538. The molecule has 2 saturated heterocycles. The first-order chi connectivity index (χ1) is 16.5. The van der Waals surface area contributed by atoms with E-state index < -0.39 is 11.5 Å². The molecular weight excluding hydrogens is 444 g/mol. The SMILES string of the molecule is Cc1nc(OC(C)(C)C(N)=O)nc(C)c1C(=O)N1CC2CN(CCC(N)c3ccccc3)CC2C1. The molecule has 9 nitrogen and oxygen atoms in total. The molecule has 0 radical (unpaired) electrons. The number of likely N-dealkylation sites (tertiary alicyclic amines) is 2. The molecular formula is C26H36N6O3. The summed E-state index contributed by atoms with van der Waals surface area (Å²) in [6.45, 7) is 11.0. The highest BCUT2D eigenvalue weighted by Gasteiger charge is 2.42. The Balaban J connectivity index is 1.34. The van der Waals surface area contributed by atoms with Crippen molar-refractivity contribution in [2.75, 3.05) is 32.7 Å². The number of nitrogens with two attached hydrogens (primary N) is 2. The number of ether oxygens (including phenoxy) is 1. The minimum atomic E-state index is -1.24. The quantitative estimate of drug-likeness (QED) is 0.590. The van der Waals surface area contributed by atoms with Crippen LogP contribution in [0.5, 0.6) is 6.01 Å². The summed E-state index contributed by atoms with van der Waals surface area (Å²) >= 11 is 0. The molecule has 0 aliphatic carbocycles. The van der Waals surface area contributed by atoms with Crippen molar-refractivity contribution in [1.82, 2.24) is 19.8 Å². The molecule has 1 aromatic carbocycles. The zero-order chi connectivity index (χ0) is 25.3. The maximum atomic E-state index is 13.4. The van der Waals surface area contributed by atoms with E-state index in [1.165, 1.54) is 5.56 Å². The van der Waals surface area contributed by atoms with Crippen LogP contribution in [0.4, 0.5) is 0 Å². The van der Waals surface area contributed by atoms with Crippen molar-refractivity contribution in [1.29, 1.82) is 0 Å². The summed E-state index contributed by atoms with van der Waals surface area (Å²) in [6, 6.07) is 10.3. The van der Waals surface area contributed by atoms with Crippen molar-refractivity contribution in [2.24, 2.45) is 23.3 Å². The van der Waals surface area contributed by atoms with Crippen molar-refractivity contribution >= 4 is 11.8 Å². The second-order valence-electron chi connectivity index (χ2n) is 10.3. The van der Waals surface area contributed by atoms with Gasteiger partial charge in [-0.2, -0.15) is 9.97 Å². The zero-order valence-electron chi connectivity index (χ0n) is 21.0. The van der Waals surface area contributed by atoms with Gasteiger partial charge in [0.2, 0.25) is 0 Å². The predicted molar refractivity (Wildman–Crippen MR) is 133 cm³/mol. The molecule has 2 fully saturated rings. The summed E-state index contributed by atoms with van der Waals surface area (Å²) in [5.74, 6) is 0.267. The van der Waals surface area contributed by atoms with Crippen molar-refractivity contribution in [3.05, 3.63) is 52.8 Å². The van der Waals surface area contributed by atoms with E-state index in [1.807, 2.05) is 23.1 Å².